The molecule has 3 N–H and O–H groups in total. The van der Waals surface area contributed by atoms with E-state index in [-0.39, 0.29) is 29.7 Å². The molecule has 36 heavy (non-hydrogen) atoms. The predicted octanol–water partition coefficient (Wildman–Crippen LogP) is 1.39. The van der Waals surface area contributed by atoms with Gasteiger partial charge in [-0.25, -0.2) is 0 Å². The minimum absolute atomic E-state index is 0.0741. The highest BCUT2D eigenvalue weighted by Gasteiger charge is 2.46. The summed E-state index contributed by atoms with van der Waals surface area (Å²) in [5, 5.41) is 5.56. The number of amides is 3. The maximum atomic E-state index is 13.0. The molecule has 4 aliphatic rings. The van der Waals surface area contributed by atoms with Crippen LogP contribution >= 0.6 is 0 Å². The van der Waals surface area contributed by atoms with Crippen molar-refractivity contribution in [3.8, 4) is 5.75 Å². The van der Waals surface area contributed by atoms with Gasteiger partial charge >= 0.3 is 0 Å². The van der Waals surface area contributed by atoms with Gasteiger partial charge in [0, 0.05) is 28.5 Å². The normalized spacial score (nSPS) is 24.5. The summed E-state index contributed by atoms with van der Waals surface area (Å²) in [5.41, 5.74) is 1.18. The highest BCUT2D eigenvalue weighted by Crippen LogP contribution is 2.48. The minimum Gasteiger partial charge on any atom is -0.492 e. The number of benzene rings is 2. The van der Waals surface area contributed by atoms with E-state index in [1.165, 1.54) is 17.0 Å². The molecule has 6 rings (SSSR count). The van der Waals surface area contributed by atoms with E-state index in [4.69, 9.17) is 12.0 Å². The number of nitrogens with zero attached hydrogens (tertiary/aromatic N) is 1. The number of nitrogens with one attached hydrogen (secondary N) is 2. The molecule has 0 bridgehead atoms. The summed E-state index contributed by atoms with van der Waals surface area (Å²) in [6.45, 7) is -0.243. The van der Waals surface area contributed by atoms with E-state index < -0.39 is 34.0 Å². The molecule has 2 saturated heterocycles. The van der Waals surface area contributed by atoms with Crippen LogP contribution < -0.4 is 15.4 Å². The zero-order valence-electron chi connectivity index (χ0n) is 21.3. The van der Waals surface area contributed by atoms with E-state index in [0.29, 0.717) is 49.2 Å². The Morgan fingerprint density at radius 2 is 1.81 bits per heavy atom. The van der Waals surface area contributed by atoms with Gasteiger partial charge in [-0.2, -0.15) is 8.42 Å². The zero-order chi connectivity index (χ0) is 27.3. The van der Waals surface area contributed by atoms with Gasteiger partial charge in [-0.3, -0.25) is 24.3 Å². The van der Waals surface area contributed by atoms with E-state index >= 15 is 0 Å². The Bertz CT molecular complexity index is 1410. The average Bonchev–Trinajstić information content (AvgIpc) is 3.31. The van der Waals surface area contributed by atoms with Gasteiger partial charge in [0.05, 0.1) is 20.7 Å². The first kappa shape index (κ1) is 22.0. The first-order valence-electron chi connectivity index (χ1n) is 12.7. The molecule has 10 nitrogen and oxygen atoms in total. The second-order valence-corrected chi connectivity index (χ2v) is 10.6. The minimum atomic E-state index is -4.00. The van der Waals surface area contributed by atoms with E-state index in [0.717, 1.165) is 5.56 Å². The van der Waals surface area contributed by atoms with Gasteiger partial charge in [0.1, 0.15) is 11.8 Å². The molecule has 0 aliphatic carbocycles. The van der Waals surface area contributed by atoms with Crippen molar-refractivity contribution in [1.29, 1.82) is 0 Å². The molecule has 3 amide bonds. The summed E-state index contributed by atoms with van der Waals surface area (Å²) in [4.78, 5) is 38.0. The Labute approximate surface area is 211 Å². The number of carbonyl (C=O) groups is 3. The first-order valence-corrected chi connectivity index (χ1v) is 13.1. The summed E-state index contributed by atoms with van der Waals surface area (Å²) >= 11 is 0. The maximum Gasteiger partial charge on any atom is 0.294 e. The van der Waals surface area contributed by atoms with Crippen LogP contribution in [-0.4, -0.2) is 61.3 Å². The Kier molecular flexibility index (Phi) is 5.68. The molecule has 0 saturated carbocycles. The van der Waals surface area contributed by atoms with Crippen molar-refractivity contribution in [2.45, 2.75) is 48.6 Å². The third kappa shape index (κ3) is 4.38. The molecule has 0 radical (unpaired) electrons. The van der Waals surface area contributed by atoms with Gasteiger partial charge in [0.2, 0.25) is 11.8 Å². The second kappa shape index (κ2) is 9.30. The van der Waals surface area contributed by atoms with Crippen molar-refractivity contribution in [3.63, 3.8) is 0 Å². The molecule has 0 aromatic heterocycles. The fourth-order valence-corrected chi connectivity index (χ4v) is 5.63. The Balaban J connectivity index is 0.000000249. The number of ether oxygens (including phenoxy) is 1. The predicted molar refractivity (Wildman–Crippen MR) is 128 cm³/mol. The Hall–Kier alpha value is -3.28. The number of rotatable bonds is 2. The van der Waals surface area contributed by atoms with Gasteiger partial charge in [-0.15, -0.1) is 0 Å². The van der Waals surface area contributed by atoms with Gasteiger partial charge in [0.15, 0.2) is 0 Å². The lowest BCUT2D eigenvalue weighted by atomic mass is 9.74. The number of hydrogen-bond donors (Lipinski definition) is 3. The van der Waals surface area contributed by atoms with Crippen LogP contribution in [0.25, 0.3) is 0 Å². The number of hydrogen-bond acceptors (Lipinski definition) is 7. The number of fused-ring (bicyclic) bond motifs is 4. The fraction of sp³-hybridized carbons (Fsp3) is 0.400. The monoisotopic (exact) mass is 515 g/mol. The molecule has 4 aliphatic heterocycles. The second-order valence-electron chi connectivity index (χ2n) is 9.19. The molecule has 2 fully saturated rings. The van der Waals surface area contributed by atoms with Crippen LogP contribution in [0.3, 0.4) is 0 Å². The fourth-order valence-electron chi connectivity index (χ4n) is 5.13. The topological polar surface area (TPSA) is 142 Å². The molecule has 190 valence electrons. The third-order valence-electron chi connectivity index (χ3n) is 7.03. The van der Waals surface area contributed by atoms with Crippen molar-refractivity contribution < 1.29 is 34.8 Å². The van der Waals surface area contributed by atoms with Crippen LogP contribution in [-0.2, 0) is 31.7 Å². The van der Waals surface area contributed by atoms with Gasteiger partial charge in [-0.1, -0.05) is 24.3 Å². The van der Waals surface area contributed by atoms with Crippen LogP contribution in [0.15, 0.2) is 47.4 Å². The van der Waals surface area contributed by atoms with Crippen molar-refractivity contribution in [3.05, 3.63) is 59.2 Å². The van der Waals surface area contributed by atoms with Crippen LogP contribution in [0.5, 0.6) is 5.75 Å². The summed E-state index contributed by atoms with van der Waals surface area (Å²) in [5.74, 6) is -0.605. The summed E-state index contributed by atoms with van der Waals surface area (Å²) in [6, 6.07) is 10.3. The van der Waals surface area contributed by atoms with Crippen molar-refractivity contribution in [2.75, 3.05) is 19.6 Å². The van der Waals surface area contributed by atoms with Gasteiger partial charge < -0.3 is 15.0 Å². The zero-order valence-corrected chi connectivity index (χ0v) is 20.1. The van der Waals surface area contributed by atoms with Crippen molar-refractivity contribution >= 4 is 27.8 Å². The molecular weight excluding hydrogens is 486 g/mol. The van der Waals surface area contributed by atoms with Crippen molar-refractivity contribution in [1.82, 2.24) is 15.5 Å². The quantitative estimate of drug-likeness (QED) is 0.402. The van der Waals surface area contributed by atoms with E-state index in [9.17, 15) is 22.8 Å². The van der Waals surface area contributed by atoms with E-state index in [2.05, 4.69) is 10.6 Å². The summed E-state index contributed by atoms with van der Waals surface area (Å²) < 4.78 is 52.2. The largest absolute Gasteiger partial charge is 0.492 e. The number of imide groups is 1. The van der Waals surface area contributed by atoms with Crippen LogP contribution in [0.1, 0.15) is 49.9 Å². The smallest absolute Gasteiger partial charge is 0.294 e. The lowest BCUT2D eigenvalue weighted by Gasteiger charge is -2.32. The van der Waals surface area contributed by atoms with Crippen LogP contribution in [0.4, 0.5) is 0 Å². The Morgan fingerprint density at radius 3 is 2.44 bits per heavy atom. The Morgan fingerprint density at radius 1 is 1.08 bits per heavy atom. The first-order chi connectivity index (χ1) is 17.9. The molecule has 4 heterocycles. The molecular formula is C25H27N3O7S. The summed E-state index contributed by atoms with van der Waals surface area (Å²) in [6.07, 6.45) is 1.74. The molecule has 2 aromatic carbocycles. The number of carbonyl (C=O) groups excluding carboxylic acids is 3. The lowest BCUT2D eigenvalue weighted by Crippen LogP contribution is -2.52. The molecule has 1 atom stereocenters. The SMILES string of the molecule is O=S(=O)(O)c1ccccc1.[2H]C1([2H])Oc2c(ccc3c2CN([C@H]2CCC(=O)NC2=O)C3=O)C12CCNCC2. The molecule has 2 aromatic rings. The highest BCUT2D eigenvalue weighted by atomic mass is 32.2. The van der Waals surface area contributed by atoms with Gasteiger partial charge in [0.25, 0.3) is 16.0 Å². The molecule has 11 heteroatoms. The molecule has 1 spiro atoms. The maximum absolute atomic E-state index is 13.0. The van der Waals surface area contributed by atoms with Gasteiger partial charge in [-0.05, 0) is 50.6 Å². The standard InChI is InChI=1S/C19H21N3O4.C6H6O3S/c23-15-4-3-14(17(24)21-15)22-9-12-11(18(22)25)1-2-13-16(12)26-10-19(13)5-7-20-8-6-19;7-10(8,9)6-4-2-1-3-5-6/h1-2,14,20H,3-10H2,(H,21,23,24);1-5H,(H,7,8,9)/t14-;/m0./s1/i10D2;. The third-order valence-corrected chi connectivity index (χ3v) is 7.90. The lowest BCUT2D eigenvalue weighted by molar-refractivity contribution is -0.136. The van der Waals surface area contributed by atoms with Crippen molar-refractivity contribution in [2.24, 2.45) is 0 Å². The average molecular weight is 516 g/mol. The highest BCUT2D eigenvalue weighted by molar-refractivity contribution is 7.85. The molecule has 0 unspecified atom stereocenters. The van der Waals surface area contributed by atoms with Crippen LogP contribution in [0, 0.1) is 0 Å². The number of piperidine rings is 2. The summed E-state index contributed by atoms with van der Waals surface area (Å²) in [7, 11) is -4.00. The van der Waals surface area contributed by atoms with E-state index in [1.807, 2.05) is 6.07 Å². The van der Waals surface area contributed by atoms with E-state index in [1.54, 1.807) is 24.3 Å². The van der Waals surface area contributed by atoms with Crippen LogP contribution in [0.2, 0.25) is 0 Å².